The van der Waals surface area contributed by atoms with Crippen molar-refractivity contribution in [2.45, 2.75) is 58.0 Å². The van der Waals surface area contributed by atoms with Crippen LogP contribution in [0.25, 0.3) is 11.1 Å². The summed E-state index contributed by atoms with van der Waals surface area (Å²) < 4.78 is 112. The van der Waals surface area contributed by atoms with Gasteiger partial charge in [0.1, 0.15) is 51.2 Å². The third kappa shape index (κ3) is 6.15. The van der Waals surface area contributed by atoms with Gasteiger partial charge in [-0.05, 0) is 72.4 Å². The molecule has 0 bridgehead atoms. The van der Waals surface area contributed by atoms with Crippen molar-refractivity contribution in [3.05, 3.63) is 81.6 Å². The second kappa shape index (κ2) is 11.7. The van der Waals surface area contributed by atoms with E-state index in [-0.39, 0.29) is 17.0 Å². The lowest BCUT2D eigenvalue weighted by atomic mass is 9.72. The molecule has 5 rings (SSSR count). The maximum absolute atomic E-state index is 15.2. The van der Waals surface area contributed by atoms with Gasteiger partial charge in [-0.15, -0.1) is 0 Å². The Hall–Kier alpha value is -2.94. The Morgan fingerprint density at radius 1 is 0.829 bits per heavy atom. The molecule has 1 saturated carbocycles. The van der Waals surface area contributed by atoms with E-state index in [0.717, 1.165) is 18.8 Å². The van der Waals surface area contributed by atoms with Crippen LogP contribution >= 0.6 is 11.6 Å². The fourth-order valence-corrected chi connectivity index (χ4v) is 6.21. The minimum absolute atomic E-state index is 0.224. The highest BCUT2D eigenvalue weighted by Gasteiger charge is 2.42. The van der Waals surface area contributed by atoms with E-state index in [4.69, 9.17) is 16.3 Å². The Labute approximate surface area is 238 Å². The number of ether oxygens (including phenoxy) is 2. The number of hydrogen-bond donors (Lipinski definition) is 0. The molecule has 2 nitrogen and oxygen atoms in total. The van der Waals surface area contributed by atoms with E-state index in [1.807, 2.05) is 0 Å². The summed E-state index contributed by atoms with van der Waals surface area (Å²) in [5.41, 5.74) is -1.71. The smallest absolute Gasteiger partial charge is 0.432 e. The summed E-state index contributed by atoms with van der Waals surface area (Å²) in [5.74, 6) is -6.22. The molecule has 41 heavy (non-hydrogen) atoms. The van der Waals surface area contributed by atoms with Crippen LogP contribution in [0.4, 0.5) is 30.7 Å². The molecule has 10 heteroatoms. The van der Waals surface area contributed by atoms with Gasteiger partial charge in [0.15, 0.2) is 0 Å². The quantitative estimate of drug-likeness (QED) is 0.198. The third-order valence-electron chi connectivity index (χ3n) is 8.19. The van der Waals surface area contributed by atoms with Crippen LogP contribution in [0.15, 0.2) is 36.4 Å². The summed E-state index contributed by atoms with van der Waals surface area (Å²) in [6, 6.07) is 4.39. The van der Waals surface area contributed by atoms with Gasteiger partial charge in [0.05, 0.1) is 6.61 Å². The number of hydrogen-bond acceptors (Lipinski definition) is 2. The molecule has 1 heterocycles. The summed E-state index contributed by atoms with van der Waals surface area (Å²) in [5, 5.41) is -0.955. The van der Waals surface area contributed by atoms with E-state index in [2.05, 4.69) is 11.7 Å². The van der Waals surface area contributed by atoms with Gasteiger partial charge in [0.2, 0.25) is 0 Å². The first-order valence-electron chi connectivity index (χ1n) is 13.6. The average molecular weight is 601 g/mol. The Balaban J connectivity index is 1.36. The van der Waals surface area contributed by atoms with E-state index in [9.17, 15) is 26.3 Å². The van der Waals surface area contributed by atoms with E-state index in [1.165, 1.54) is 37.8 Å². The SMILES string of the molecule is CCCC1CCC(C2COc3cc(-c4cc(F)c(C(F)(F)Oc5cc(F)c(Cl)c(F)c5)c(F)c4)c(F)cc3C2)CC1. The number of alkyl halides is 2. The second-order valence-corrected chi connectivity index (χ2v) is 11.3. The topological polar surface area (TPSA) is 18.5 Å². The molecule has 0 radical (unpaired) electrons. The number of fused-ring (bicyclic) bond motifs is 1. The zero-order valence-corrected chi connectivity index (χ0v) is 22.9. The van der Waals surface area contributed by atoms with Gasteiger partial charge in [0, 0.05) is 17.7 Å². The van der Waals surface area contributed by atoms with Crippen molar-refractivity contribution in [3.8, 4) is 22.6 Å². The molecule has 0 N–H and O–H groups in total. The van der Waals surface area contributed by atoms with Crippen LogP contribution in [0.2, 0.25) is 5.02 Å². The molecule has 2 aliphatic rings. The Morgan fingerprint density at radius 2 is 1.46 bits per heavy atom. The van der Waals surface area contributed by atoms with Crippen LogP contribution in [0.1, 0.15) is 56.6 Å². The highest BCUT2D eigenvalue weighted by atomic mass is 35.5. The summed E-state index contributed by atoms with van der Waals surface area (Å²) in [4.78, 5) is 0. The van der Waals surface area contributed by atoms with Crippen molar-refractivity contribution in [2.75, 3.05) is 6.61 Å². The molecule has 1 fully saturated rings. The van der Waals surface area contributed by atoms with Crippen molar-refractivity contribution in [2.24, 2.45) is 17.8 Å². The van der Waals surface area contributed by atoms with Gasteiger partial charge in [-0.1, -0.05) is 44.2 Å². The Bertz CT molecular complexity index is 1390. The first-order chi connectivity index (χ1) is 19.5. The lowest BCUT2D eigenvalue weighted by Crippen LogP contribution is -2.31. The minimum atomic E-state index is -4.67. The van der Waals surface area contributed by atoms with Crippen LogP contribution in [0, 0.1) is 46.8 Å². The first kappa shape index (κ1) is 29.5. The molecule has 1 aliphatic heterocycles. The predicted molar refractivity (Wildman–Crippen MR) is 141 cm³/mol. The molecule has 220 valence electrons. The molecule has 0 spiro atoms. The fraction of sp³-hybridized carbons (Fsp3) is 0.419. The third-order valence-corrected chi connectivity index (χ3v) is 8.55. The maximum atomic E-state index is 15.2. The Morgan fingerprint density at radius 3 is 2.07 bits per heavy atom. The van der Waals surface area contributed by atoms with Gasteiger partial charge in [0.25, 0.3) is 0 Å². The van der Waals surface area contributed by atoms with Crippen LogP contribution in [-0.4, -0.2) is 6.61 Å². The van der Waals surface area contributed by atoms with Crippen molar-refractivity contribution < 1.29 is 40.2 Å². The summed E-state index contributed by atoms with van der Waals surface area (Å²) in [6.07, 6.45) is 2.94. The molecule has 0 amide bonds. The monoisotopic (exact) mass is 600 g/mol. The van der Waals surface area contributed by atoms with Crippen LogP contribution in [0.5, 0.6) is 11.5 Å². The first-order valence-corrected chi connectivity index (χ1v) is 14.0. The van der Waals surface area contributed by atoms with Crippen LogP contribution in [0.3, 0.4) is 0 Å². The number of rotatable bonds is 7. The average Bonchev–Trinajstić information content (AvgIpc) is 2.90. The van der Waals surface area contributed by atoms with Gasteiger partial charge < -0.3 is 9.47 Å². The number of benzene rings is 3. The molecule has 3 aromatic rings. The van der Waals surface area contributed by atoms with Crippen molar-refractivity contribution in [1.82, 2.24) is 0 Å². The van der Waals surface area contributed by atoms with Crippen molar-refractivity contribution in [3.63, 3.8) is 0 Å². The zero-order valence-electron chi connectivity index (χ0n) is 22.2. The predicted octanol–water partition coefficient (Wildman–Crippen LogP) is 9.99. The normalized spacial score (nSPS) is 20.9. The summed E-state index contributed by atoms with van der Waals surface area (Å²) in [6.45, 7) is 2.63. The lowest BCUT2D eigenvalue weighted by Gasteiger charge is -2.36. The molecule has 0 saturated heterocycles. The van der Waals surface area contributed by atoms with Crippen LogP contribution in [-0.2, 0) is 12.5 Å². The van der Waals surface area contributed by atoms with E-state index in [0.29, 0.717) is 54.5 Å². The van der Waals surface area contributed by atoms with Gasteiger partial charge in [-0.3, -0.25) is 0 Å². The summed E-state index contributed by atoms with van der Waals surface area (Å²) >= 11 is 5.33. The fourth-order valence-electron chi connectivity index (χ4n) is 6.10. The van der Waals surface area contributed by atoms with E-state index >= 15 is 4.39 Å². The van der Waals surface area contributed by atoms with E-state index < -0.39 is 51.5 Å². The highest BCUT2D eigenvalue weighted by Crippen LogP contribution is 2.43. The standard InChI is InChI=1S/C31H28ClF7O2/c1-2-3-16-4-6-17(7-5-16)20-8-19-11-23(33)22(14-28(19)40-15-20)18-9-24(34)29(25(35)10-18)31(38,39)41-21-12-26(36)30(32)27(37)13-21/h9-14,16-17,20H,2-8,15H2,1H3. The van der Waals surface area contributed by atoms with Gasteiger partial charge in [-0.25, -0.2) is 22.0 Å². The largest absolute Gasteiger partial charge is 0.493 e. The zero-order chi connectivity index (χ0) is 29.5. The summed E-state index contributed by atoms with van der Waals surface area (Å²) in [7, 11) is 0. The van der Waals surface area contributed by atoms with Crippen LogP contribution < -0.4 is 9.47 Å². The molecule has 1 aliphatic carbocycles. The molecular weight excluding hydrogens is 573 g/mol. The molecule has 1 unspecified atom stereocenters. The second-order valence-electron chi connectivity index (χ2n) is 10.9. The van der Waals surface area contributed by atoms with Gasteiger partial charge >= 0.3 is 6.11 Å². The lowest BCUT2D eigenvalue weighted by molar-refractivity contribution is -0.189. The van der Waals surface area contributed by atoms with E-state index in [1.54, 1.807) is 0 Å². The molecule has 3 aromatic carbocycles. The molecule has 0 aromatic heterocycles. The maximum Gasteiger partial charge on any atom is 0.432 e. The van der Waals surface area contributed by atoms with Gasteiger partial charge in [-0.2, -0.15) is 8.78 Å². The van der Waals surface area contributed by atoms with Crippen molar-refractivity contribution >= 4 is 11.6 Å². The Kier molecular flexibility index (Phi) is 8.46. The minimum Gasteiger partial charge on any atom is -0.493 e. The van der Waals surface area contributed by atoms with Crippen molar-refractivity contribution in [1.29, 1.82) is 0 Å². The number of halogens is 8. The molecule has 1 atom stereocenters. The molecular formula is C31H28ClF7O2. The highest BCUT2D eigenvalue weighted by molar-refractivity contribution is 6.30.